The van der Waals surface area contributed by atoms with Crippen molar-refractivity contribution in [2.24, 2.45) is 0 Å². The molecule has 1 aromatic heterocycles. The Labute approximate surface area is 303 Å². The molecule has 53 heavy (non-hydrogen) atoms. The summed E-state index contributed by atoms with van der Waals surface area (Å²) < 4.78 is 30.4. The Morgan fingerprint density at radius 3 is 1.74 bits per heavy atom. The Bertz CT molecular complexity index is 1830. The molecule has 278 valence electrons. The molecular weight excluding hydrogens is 692 g/mol. The number of nitrogens with zero attached hydrogens (tertiary/aromatic N) is 1. The maximum atomic E-state index is 13.5. The number of hydrogen-bond donors (Lipinski definition) is 3. The lowest BCUT2D eigenvalue weighted by molar-refractivity contribution is -0.269. The number of aromatic nitrogens is 1. The number of unbranched alkanes of at least 4 members (excludes halogenated alkanes) is 1. The predicted octanol–water partition coefficient (Wildman–Crippen LogP) is 3.58. The highest BCUT2D eigenvalue weighted by Gasteiger charge is 2.52. The standard InChI is InChI=1S/C38H38N2O13/c1-24(41)39-32-34(52-37(47)27-17-9-4-10-18-27)33(51-36(46)26-15-7-3-8-16-26)28(23-49-35(45)25-13-5-2-6-14-25)50-38(32)48-22-12-11-19-31(44)53-40-29(42)20-21-30(40)43/h2-10,13-18,20-21,28,32-34,38,42-43H,11-12,19,22-23H2,1H3,(H,39,41). The van der Waals surface area contributed by atoms with Gasteiger partial charge in [0, 0.05) is 32.1 Å². The van der Waals surface area contributed by atoms with Crippen LogP contribution < -0.4 is 10.2 Å². The summed E-state index contributed by atoms with van der Waals surface area (Å²) in [4.78, 5) is 69.8. The van der Waals surface area contributed by atoms with Crippen molar-refractivity contribution in [1.29, 1.82) is 0 Å². The molecule has 5 rings (SSSR count). The van der Waals surface area contributed by atoms with Gasteiger partial charge in [-0.15, -0.1) is 4.73 Å². The molecule has 0 saturated carbocycles. The molecule has 1 amide bonds. The number of amides is 1. The highest BCUT2D eigenvalue weighted by Crippen LogP contribution is 2.30. The normalized spacial score (nSPS) is 19.4. The van der Waals surface area contributed by atoms with Crippen molar-refractivity contribution < 1.29 is 62.7 Å². The van der Waals surface area contributed by atoms with Gasteiger partial charge in [0.2, 0.25) is 17.7 Å². The Kier molecular flexibility index (Phi) is 13.2. The van der Waals surface area contributed by atoms with Crippen LogP contribution in [0.25, 0.3) is 0 Å². The third-order valence-electron chi connectivity index (χ3n) is 7.96. The minimum Gasteiger partial charge on any atom is -0.492 e. The first-order valence-electron chi connectivity index (χ1n) is 16.7. The molecular formula is C38H38N2O13. The van der Waals surface area contributed by atoms with Gasteiger partial charge >= 0.3 is 23.9 Å². The van der Waals surface area contributed by atoms with Crippen LogP contribution in [-0.4, -0.2) is 88.6 Å². The van der Waals surface area contributed by atoms with E-state index in [1.165, 1.54) is 31.2 Å². The minimum atomic E-state index is -1.42. The number of esters is 3. The molecule has 1 saturated heterocycles. The van der Waals surface area contributed by atoms with Gasteiger partial charge in [0.05, 0.1) is 16.7 Å². The van der Waals surface area contributed by atoms with Crippen LogP contribution in [0.15, 0.2) is 103 Å². The van der Waals surface area contributed by atoms with E-state index in [2.05, 4.69) is 5.32 Å². The predicted molar refractivity (Wildman–Crippen MR) is 183 cm³/mol. The Hall–Kier alpha value is -6.19. The molecule has 2 heterocycles. The molecule has 0 radical (unpaired) electrons. The lowest BCUT2D eigenvalue weighted by Gasteiger charge is -2.45. The number of carbonyl (C=O) groups is 5. The largest absolute Gasteiger partial charge is 0.492 e. The molecule has 3 aromatic carbocycles. The van der Waals surface area contributed by atoms with Crippen molar-refractivity contribution in [1.82, 2.24) is 10.0 Å². The number of carbonyl (C=O) groups excluding carboxylic acids is 5. The average molecular weight is 731 g/mol. The van der Waals surface area contributed by atoms with Crippen LogP contribution >= 0.6 is 0 Å². The summed E-state index contributed by atoms with van der Waals surface area (Å²) in [5.74, 6) is -4.51. The van der Waals surface area contributed by atoms with Crippen LogP contribution in [-0.2, 0) is 33.3 Å². The Morgan fingerprint density at radius 1 is 0.698 bits per heavy atom. The quantitative estimate of drug-likeness (QED) is 0.0913. The first-order chi connectivity index (χ1) is 25.6. The zero-order valence-electron chi connectivity index (χ0n) is 28.6. The molecule has 0 spiro atoms. The Balaban J connectivity index is 1.38. The summed E-state index contributed by atoms with van der Waals surface area (Å²) in [5, 5.41) is 22.1. The maximum Gasteiger partial charge on any atom is 0.338 e. The van der Waals surface area contributed by atoms with Crippen LogP contribution in [0.2, 0.25) is 0 Å². The molecule has 1 aliphatic rings. The molecule has 1 fully saturated rings. The minimum absolute atomic E-state index is 0.0433. The van der Waals surface area contributed by atoms with Gasteiger partial charge in [0.15, 0.2) is 18.5 Å². The van der Waals surface area contributed by atoms with E-state index in [4.69, 9.17) is 28.5 Å². The van der Waals surface area contributed by atoms with Gasteiger partial charge in [0.25, 0.3) is 0 Å². The Morgan fingerprint density at radius 2 is 1.21 bits per heavy atom. The van der Waals surface area contributed by atoms with Crippen molar-refractivity contribution in [3.63, 3.8) is 0 Å². The van der Waals surface area contributed by atoms with Crippen LogP contribution in [0.4, 0.5) is 0 Å². The molecule has 0 aliphatic carbocycles. The van der Waals surface area contributed by atoms with Gasteiger partial charge in [-0.2, -0.15) is 0 Å². The number of rotatable bonds is 15. The highest BCUT2D eigenvalue weighted by molar-refractivity contribution is 5.91. The van der Waals surface area contributed by atoms with E-state index in [0.717, 1.165) is 12.1 Å². The second-order valence-corrected chi connectivity index (χ2v) is 11.8. The zero-order valence-corrected chi connectivity index (χ0v) is 28.6. The third kappa shape index (κ3) is 10.4. The second-order valence-electron chi connectivity index (χ2n) is 11.8. The van der Waals surface area contributed by atoms with E-state index in [9.17, 15) is 34.2 Å². The van der Waals surface area contributed by atoms with Gasteiger partial charge in [0.1, 0.15) is 18.8 Å². The fourth-order valence-corrected chi connectivity index (χ4v) is 5.41. The number of ether oxygens (including phenoxy) is 5. The van der Waals surface area contributed by atoms with Crippen LogP contribution in [0.3, 0.4) is 0 Å². The van der Waals surface area contributed by atoms with Crippen LogP contribution in [0, 0.1) is 0 Å². The lowest BCUT2D eigenvalue weighted by Crippen LogP contribution is -2.66. The topological polar surface area (TPSA) is 198 Å². The molecule has 5 unspecified atom stereocenters. The summed E-state index contributed by atoms with van der Waals surface area (Å²) >= 11 is 0. The van der Waals surface area contributed by atoms with E-state index in [-0.39, 0.29) is 42.6 Å². The fourth-order valence-electron chi connectivity index (χ4n) is 5.41. The van der Waals surface area contributed by atoms with E-state index in [1.54, 1.807) is 66.7 Å². The van der Waals surface area contributed by atoms with E-state index in [1.807, 2.05) is 0 Å². The zero-order chi connectivity index (χ0) is 37.7. The van der Waals surface area contributed by atoms with Crippen molar-refractivity contribution in [2.45, 2.75) is 56.8 Å². The molecule has 5 atom stereocenters. The van der Waals surface area contributed by atoms with Gasteiger partial charge in [-0.3, -0.25) is 4.79 Å². The van der Waals surface area contributed by atoms with Gasteiger partial charge in [-0.1, -0.05) is 54.6 Å². The maximum absolute atomic E-state index is 13.5. The summed E-state index contributed by atoms with van der Waals surface area (Å²) in [5.41, 5.74) is 0.598. The van der Waals surface area contributed by atoms with Crippen molar-refractivity contribution in [3.05, 3.63) is 120 Å². The number of benzene rings is 3. The van der Waals surface area contributed by atoms with Crippen LogP contribution in [0.5, 0.6) is 11.8 Å². The van der Waals surface area contributed by atoms with Gasteiger partial charge in [-0.05, 0) is 49.2 Å². The lowest BCUT2D eigenvalue weighted by atomic mass is 9.95. The second kappa shape index (κ2) is 18.3. The molecule has 1 aliphatic heterocycles. The van der Waals surface area contributed by atoms with E-state index in [0.29, 0.717) is 4.73 Å². The molecule has 4 aromatic rings. The smallest absolute Gasteiger partial charge is 0.338 e. The first-order valence-corrected chi connectivity index (χ1v) is 16.7. The summed E-state index contributed by atoms with van der Waals surface area (Å²) in [6.07, 6.45) is -5.06. The van der Waals surface area contributed by atoms with Crippen molar-refractivity contribution in [2.75, 3.05) is 13.2 Å². The molecule has 15 nitrogen and oxygen atoms in total. The third-order valence-corrected chi connectivity index (χ3v) is 7.96. The molecule has 3 N–H and O–H groups in total. The van der Waals surface area contributed by atoms with Crippen molar-refractivity contribution >= 4 is 29.8 Å². The highest BCUT2D eigenvalue weighted by atomic mass is 16.7. The van der Waals surface area contributed by atoms with Crippen molar-refractivity contribution in [3.8, 4) is 11.8 Å². The average Bonchev–Trinajstić information content (AvgIpc) is 3.48. The summed E-state index contributed by atoms with van der Waals surface area (Å²) in [6, 6.07) is 25.3. The molecule has 0 bridgehead atoms. The number of nitrogens with one attached hydrogen (secondary N) is 1. The first kappa shape index (κ1) is 38.1. The van der Waals surface area contributed by atoms with Gasteiger partial charge in [-0.25, -0.2) is 19.2 Å². The fraction of sp³-hybridized carbons (Fsp3) is 0.289. The van der Waals surface area contributed by atoms with Gasteiger partial charge < -0.3 is 44.1 Å². The van der Waals surface area contributed by atoms with Crippen LogP contribution in [0.1, 0.15) is 57.3 Å². The SMILES string of the molecule is CC(=O)NC1C(OCCCCC(=O)On2c(O)ccc2O)OC(COC(=O)c2ccccc2)C(OC(=O)c2ccccc2)C1OC(=O)c1ccccc1. The molecule has 15 heteroatoms. The monoisotopic (exact) mass is 730 g/mol. The number of hydrogen-bond acceptors (Lipinski definition) is 13. The number of aromatic hydroxyl groups is 2. The van der Waals surface area contributed by atoms with E-state index >= 15 is 0 Å². The summed E-state index contributed by atoms with van der Waals surface area (Å²) in [6.45, 7) is 0.716. The summed E-state index contributed by atoms with van der Waals surface area (Å²) in [7, 11) is 0. The van der Waals surface area contributed by atoms with E-state index < -0.39 is 78.8 Å².